The maximum absolute atomic E-state index is 12.4. The number of hydrogen-bond donors (Lipinski definition) is 1. The monoisotopic (exact) mass is 364 g/mol. The molecular weight excluding hydrogens is 332 g/mol. The molecule has 1 N–H and O–H groups in total. The Kier molecular flexibility index (Phi) is 6.54. The number of ether oxygens (including phenoxy) is 1. The van der Waals surface area contributed by atoms with E-state index in [1.165, 1.54) is 12.8 Å². The molecular formula is C20H32N2O4. The molecule has 2 saturated carbocycles. The summed E-state index contributed by atoms with van der Waals surface area (Å²) in [6, 6.07) is 0.480. The average molecular weight is 364 g/mol. The normalized spacial score (nSPS) is 26.6. The predicted octanol–water partition coefficient (Wildman–Crippen LogP) is 2.55. The van der Waals surface area contributed by atoms with E-state index >= 15 is 0 Å². The molecule has 0 spiro atoms. The van der Waals surface area contributed by atoms with Gasteiger partial charge >= 0.3 is 5.97 Å². The van der Waals surface area contributed by atoms with E-state index in [0.29, 0.717) is 6.54 Å². The van der Waals surface area contributed by atoms with Crippen LogP contribution in [0.15, 0.2) is 0 Å². The third-order valence-electron chi connectivity index (χ3n) is 6.12. The topological polar surface area (TPSA) is 75.7 Å². The summed E-state index contributed by atoms with van der Waals surface area (Å²) in [4.78, 5) is 38.9. The fourth-order valence-corrected chi connectivity index (χ4v) is 4.52. The molecule has 1 saturated heterocycles. The van der Waals surface area contributed by atoms with Crippen LogP contribution >= 0.6 is 0 Å². The van der Waals surface area contributed by atoms with Gasteiger partial charge in [0.1, 0.15) is 0 Å². The Morgan fingerprint density at radius 3 is 2.31 bits per heavy atom. The minimum absolute atomic E-state index is 0.0504. The zero-order valence-electron chi connectivity index (χ0n) is 15.9. The molecule has 146 valence electrons. The highest BCUT2D eigenvalue weighted by Crippen LogP contribution is 2.30. The Bertz CT molecular complexity index is 522. The number of amides is 2. The molecule has 0 unspecified atom stereocenters. The summed E-state index contributed by atoms with van der Waals surface area (Å²) in [5.74, 6) is -1.02. The van der Waals surface area contributed by atoms with Crippen molar-refractivity contribution < 1.29 is 19.1 Å². The number of carbonyl (C=O) groups is 3. The second-order valence-corrected chi connectivity index (χ2v) is 8.16. The first-order chi connectivity index (χ1) is 12.5. The van der Waals surface area contributed by atoms with Crippen LogP contribution in [0, 0.1) is 5.92 Å². The molecule has 2 aliphatic carbocycles. The zero-order valence-corrected chi connectivity index (χ0v) is 15.9. The van der Waals surface area contributed by atoms with Crippen molar-refractivity contribution in [3.05, 3.63) is 0 Å². The summed E-state index contributed by atoms with van der Waals surface area (Å²) < 4.78 is 5.40. The second kappa shape index (κ2) is 8.87. The lowest BCUT2D eigenvalue weighted by molar-refractivity contribution is -0.158. The van der Waals surface area contributed by atoms with E-state index in [1.54, 1.807) is 6.92 Å². The van der Waals surface area contributed by atoms with E-state index in [0.717, 1.165) is 51.4 Å². The largest absolute Gasteiger partial charge is 0.452 e. The van der Waals surface area contributed by atoms with Crippen LogP contribution in [-0.2, 0) is 19.1 Å². The Morgan fingerprint density at radius 2 is 1.65 bits per heavy atom. The molecule has 1 heterocycles. The molecule has 3 rings (SSSR count). The van der Waals surface area contributed by atoms with Gasteiger partial charge in [-0.05, 0) is 32.6 Å². The Balaban J connectivity index is 1.46. The summed E-state index contributed by atoms with van der Waals surface area (Å²) >= 11 is 0. The van der Waals surface area contributed by atoms with Crippen molar-refractivity contribution in [1.29, 1.82) is 0 Å². The minimum Gasteiger partial charge on any atom is -0.452 e. The molecule has 6 nitrogen and oxygen atoms in total. The van der Waals surface area contributed by atoms with Gasteiger partial charge in [0.05, 0.1) is 5.92 Å². The van der Waals surface area contributed by atoms with Crippen molar-refractivity contribution >= 4 is 17.8 Å². The Hall–Kier alpha value is -1.59. The summed E-state index contributed by atoms with van der Waals surface area (Å²) in [5.41, 5.74) is 0. The lowest BCUT2D eigenvalue weighted by Gasteiger charge is -2.24. The van der Waals surface area contributed by atoms with E-state index in [1.807, 2.05) is 4.90 Å². The van der Waals surface area contributed by atoms with Crippen LogP contribution in [-0.4, -0.2) is 47.4 Å². The molecule has 3 aliphatic rings. The molecule has 0 bridgehead atoms. The SMILES string of the molecule is C[C@H](OC(=O)[C@@H]1CC(=O)N(C2CCCC2)C1)C(=O)NC1CCCCCC1. The number of esters is 1. The molecule has 0 aromatic heterocycles. The smallest absolute Gasteiger partial charge is 0.312 e. The number of carbonyl (C=O) groups excluding carboxylic acids is 3. The van der Waals surface area contributed by atoms with Crippen molar-refractivity contribution in [3.8, 4) is 0 Å². The number of likely N-dealkylation sites (tertiary alicyclic amines) is 1. The van der Waals surface area contributed by atoms with Crippen LogP contribution in [0.1, 0.15) is 77.6 Å². The highest BCUT2D eigenvalue weighted by atomic mass is 16.5. The van der Waals surface area contributed by atoms with Crippen LogP contribution < -0.4 is 5.32 Å². The molecule has 3 fully saturated rings. The Labute approximate surface area is 156 Å². The van der Waals surface area contributed by atoms with Crippen molar-refractivity contribution in [3.63, 3.8) is 0 Å². The summed E-state index contributed by atoms with van der Waals surface area (Å²) in [5, 5.41) is 3.02. The van der Waals surface area contributed by atoms with Gasteiger partial charge in [-0.1, -0.05) is 38.5 Å². The molecule has 26 heavy (non-hydrogen) atoms. The molecule has 0 aromatic carbocycles. The summed E-state index contributed by atoms with van der Waals surface area (Å²) in [6.07, 6.45) is 10.5. The number of hydrogen-bond acceptors (Lipinski definition) is 4. The highest BCUT2D eigenvalue weighted by Gasteiger charge is 2.40. The molecule has 0 radical (unpaired) electrons. The summed E-state index contributed by atoms with van der Waals surface area (Å²) in [6.45, 7) is 2.06. The van der Waals surface area contributed by atoms with Crippen LogP contribution in [0.2, 0.25) is 0 Å². The number of rotatable bonds is 5. The van der Waals surface area contributed by atoms with Crippen LogP contribution in [0.4, 0.5) is 0 Å². The van der Waals surface area contributed by atoms with Gasteiger partial charge in [0.25, 0.3) is 5.91 Å². The molecule has 2 atom stereocenters. The minimum atomic E-state index is -0.804. The van der Waals surface area contributed by atoms with Crippen molar-refractivity contribution in [1.82, 2.24) is 10.2 Å². The Morgan fingerprint density at radius 1 is 1.04 bits per heavy atom. The maximum Gasteiger partial charge on any atom is 0.312 e. The first-order valence-corrected chi connectivity index (χ1v) is 10.3. The predicted molar refractivity (Wildman–Crippen MR) is 97.3 cm³/mol. The van der Waals surface area contributed by atoms with Gasteiger partial charge in [-0.15, -0.1) is 0 Å². The first kappa shape index (κ1) is 19.2. The molecule has 6 heteroatoms. The summed E-state index contributed by atoms with van der Waals surface area (Å²) in [7, 11) is 0. The molecule has 0 aromatic rings. The zero-order chi connectivity index (χ0) is 18.5. The van der Waals surface area contributed by atoms with Crippen LogP contribution in [0.5, 0.6) is 0 Å². The van der Waals surface area contributed by atoms with Crippen LogP contribution in [0.3, 0.4) is 0 Å². The first-order valence-electron chi connectivity index (χ1n) is 10.3. The maximum atomic E-state index is 12.4. The van der Waals surface area contributed by atoms with Gasteiger partial charge < -0.3 is 15.0 Å². The van der Waals surface area contributed by atoms with Gasteiger partial charge in [0, 0.05) is 25.0 Å². The lowest BCUT2D eigenvalue weighted by atomic mass is 10.1. The van der Waals surface area contributed by atoms with Gasteiger partial charge in [0.15, 0.2) is 6.10 Å². The van der Waals surface area contributed by atoms with E-state index in [-0.39, 0.29) is 30.3 Å². The molecule has 1 aliphatic heterocycles. The van der Waals surface area contributed by atoms with Crippen molar-refractivity contribution in [2.24, 2.45) is 5.92 Å². The quantitative estimate of drug-likeness (QED) is 0.601. The fourth-order valence-electron chi connectivity index (χ4n) is 4.52. The van der Waals surface area contributed by atoms with Crippen LogP contribution in [0.25, 0.3) is 0 Å². The van der Waals surface area contributed by atoms with Gasteiger partial charge in [0.2, 0.25) is 5.91 Å². The van der Waals surface area contributed by atoms with Crippen molar-refractivity contribution in [2.45, 2.75) is 95.7 Å². The number of nitrogens with zero attached hydrogens (tertiary/aromatic N) is 1. The third-order valence-corrected chi connectivity index (χ3v) is 6.12. The standard InChI is InChI=1S/C20H32N2O4/c1-14(19(24)21-16-8-4-2-3-5-9-16)26-20(25)15-12-18(23)22(13-15)17-10-6-7-11-17/h14-17H,2-13H2,1H3,(H,21,24)/t14-,15+/m0/s1. The van der Waals surface area contributed by atoms with E-state index in [4.69, 9.17) is 4.74 Å². The van der Waals surface area contributed by atoms with Crippen molar-refractivity contribution in [2.75, 3.05) is 6.54 Å². The lowest BCUT2D eigenvalue weighted by Crippen LogP contribution is -2.42. The van der Waals surface area contributed by atoms with E-state index < -0.39 is 18.0 Å². The molecule has 2 amide bonds. The average Bonchev–Trinajstić information content (AvgIpc) is 3.19. The third kappa shape index (κ3) is 4.77. The second-order valence-electron chi connectivity index (χ2n) is 8.16. The van der Waals surface area contributed by atoms with Gasteiger partial charge in [-0.2, -0.15) is 0 Å². The van der Waals surface area contributed by atoms with Gasteiger partial charge in [-0.3, -0.25) is 14.4 Å². The number of nitrogens with one attached hydrogen (secondary N) is 1. The fraction of sp³-hybridized carbons (Fsp3) is 0.850. The van der Waals surface area contributed by atoms with Gasteiger partial charge in [-0.25, -0.2) is 0 Å². The van der Waals surface area contributed by atoms with E-state index in [2.05, 4.69) is 5.32 Å². The van der Waals surface area contributed by atoms with E-state index in [9.17, 15) is 14.4 Å². The highest BCUT2D eigenvalue weighted by molar-refractivity contribution is 5.89.